The third-order valence-electron chi connectivity index (χ3n) is 5.64. The van der Waals surface area contributed by atoms with Crippen LogP contribution in [0.2, 0.25) is 0 Å². The van der Waals surface area contributed by atoms with E-state index in [-0.39, 0.29) is 5.92 Å². The Labute approximate surface area is 152 Å². The van der Waals surface area contributed by atoms with Crippen LogP contribution in [-0.4, -0.2) is 59.2 Å². The van der Waals surface area contributed by atoms with Crippen molar-refractivity contribution in [3.8, 4) is 11.4 Å². The maximum absolute atomic E-state index is 12.0. The zero-order valence-corrected chi connectivity index (χ0v) is 14.8. The van der Waals surface area contributed by atoms with E-state index >= 15 is 0 Å². The molecule has 4 rings (SSSR count). The minimum atomic E-state index is -0.703. The second kappa shape index (κ2) is 6.74. The molecule has 3 heterocycles. The lowest BCUT2D eigenvalue weighted by molar-refractivity contribution is -0.157. The lowest BCUT2D eigenvalue weighted by atomic mass is 9.74. The van der Waals surface area contributed by atoms with E-state index in [0.29, 0.717) is 32.7 Å². The van der Waals surface area contributed by atoms with E-state index in [0.717, 1.165) is 23.5 Å². The van der Waals surface area contributed by atoms with Crippen molar-refractivity contribution in [2.45, 2.75) is 13.0 Å². The van der Waals surface area contributed by atoms with Crippen LogP contribution in [0.1, 0.15) is 12.0 Å². The van der Waals surface area contributed by atoms with E-state index in [4.69, 9.17) is 9.47 Å². The molecule has 1 N–H and O–H groups in total. The third kappa shape index (κ3) is 2.87. The van der Waals surface area contributed by atoms with Gasteiger partial charge in [-0.1, -0.05) is 0 Å². The molecule has 2 aliphatic heterocycles. The Morgan fingerprint density at radius 2 is 2.38 bits per heavy atom. The van der Waals surface area contributed by atoms with Gasteiger partial charge >= 0.3 is 5.97 Å². The number of aliphatic carboxylic acids is 1. The predicted molar refractivity (Wildman–Crippen MR) is 94.4 cm³/mol. The summed E-state index contributed by atoms with van der Waals surface area (Å²) in [5.74, 6) is 0.113. The van der Waals surface area contributed by atoms with Gasteiger partial charge in [-0.2, -0.15) is 5.10 Å². The first kappa shape index (κ1) is 17.1. The van der Waals surface area contributed by atoms with E-state index in [1.54, 1.807) is 13.3 Å². The summed E-state index contributed by atoms with van der Waals surface area (Å²) in [4.78, 5) is 14.2. The molecule has 0 amide bonds. The molecule has 0 radical (unpaired) electrons. The number of hydrogen-bond acceptors (Lipinski definition) is 5. The van der Waals surface area contributed by atoms with Crippen molar-refractivity contribution in [3.05, 3.63) is 42.2 Å². The van der Waals surface area contributed by atoms with E-state index in [9.17, 15) is 9.90 Å². The summed E-state index contributed by atoms with van der Waals surface area (Å²) >= 11 is 0. The van der Waals surface area contributed by atoms with Crippen molar-refractivity contribution in [2.24, 2.45) is 11.3 Å². The van der Waals surface area contributed by atoms with Crippen LogP contribution < -0.4 is 4.74 Å². The highest BCUT2D eigenvalue weighted by Gasteiger charge is 2.53. The second-order valence-electron chi connectivity index (χ2n) is 7.10. The number of nitrogens with zero attached hydrogens (tertiary/aromatic N) is 3. The van der Waals surface area contributed by atoms with E-state index in [2.05, 4.69) is 10.00 Å². The Kier molecular flexibility index (Phi) is 4.42. The summed E-state index contributed by atoms with van der Waals surface area (Å²) in [6.45, 7) is 2.97. The molecule has 1 aromatic carbocycles. The highest BCUT2D eigenvalue weighted by atomic mass is 16.5. The largest absolute Gasteiger partial charge is 0.497 e. The Balaban J connectivity index is 1.62. The minimum Gasteiger partial charge on any atom is -0.497 e. The number of benzene rings is 1. The fraction of sp³-hybridized carbons (Fsp3) is 0.474. The maximum Gasteiger partial charge on any atom is 0.311 e. The summed E-state index contributed by atoms with van der Waals surface area (Å²) in [6, 6.07) is 7.79. The Morgan fingerprint density at radius 3 is 3.08 bits per heavy atom. The summed E-state index contributed by atoms with van der Waals surface area (Å²) in [5.41, 5.74) is 1.35. The molecule has 0 saturated carbocycles. The molecule has 2 aliphatic rings. The van der Waals surface area contributed by atoms with Crippen LogP contribution in [0.4, 0.5) is 0 Å². The summed E-state index contributed by atoms with van der Waals surface area (Å²) in [6.07, 6.45) is 4.23. The van der Waals surface area contributed by atoms with Gasteiger partial charge in [0.2, 0.25) is 0 Å². The van der Waals surface area contributed by atoms with Crippen LogP contribution in [0.15, 0.2) is 36.7 Å². The third-order valence-corrected chi connectivity index (χ3v) is 5.64. The molecule has 0 aliphatic carbocycles. The van der Waals surface area contributed by atoms with Gasteiger partial charge in [0.05, 0.1) is 24.8 Å². The predicted octanol–water partition coefficient (Wildman–Crippen LogP) is 1.80. The number of aromatic nitrogens is 2. The fourth-order valence-electron chi connectivity index (χ4n) is 4.22. The number of carboxylic acid groups (broad SMARTS) is 1. The average molecular weight is 357 g/mol. The molecular formula is C19H23N3O4. The first-order chi connectivity index (χ1) is 12.6. The Morgan fingerprint density at radius 1 is 1.50 bits per heavy atom. The monoisotopic (exact) mass is 357 g/mol. The molecule has 2 aromatic rings. The van der Waals surface area contributed by atoms with Gasteiger partial charge in [0.1, 0.15) is 5.75 Å². The number of ether oxygens (including phenoxy) is 2. The Bertz CT molecular complexity index is 792. The zero-order valence-electron chi connectivity index (χ0n) is 14.8. The first-order valence-corrected chi connectivity index (χ1v) is 8.83. The van der Waals surface area contributed by atoms with Gasteiger partial charge in [-0.25, -0.2) is 4.68 Å². The fourth-order valence-corrected chi connectivity index (χ4v) is 4.22. The van der Waals surface area contributed by atoms with Crippen molar-refractivity contribution < 1.29 is 19.4 Å². The Hall–Kier alpha value is -2.38. The summed E-state index contributed by atoms with van der Waals surface area (Å²) in [7, 11) is 1.65. The minimum absolute atomic E-state index is 0.0347. The number of carboxylic acids is 1. The molecule has 0 bridgehead atoms. The van der Waals surface area contributed by atoms with Gasteiger partial charge in [-0.15, -0.1) is 0 Å². The van der Waals surface area contributed by atoms with Gasteiger partial charge in [-0.05, 0) is 36.2 Å². The SMILES string of the molecule is COc1ccc(-n2cccn2)c(CN2C[C@@H]3COCC[C@]3(C(=O)O)C2)c1. The quantitative estimate of drug-likeness (QED) is 0.879. The lowest BCUT2D eigenvalue weighted by Gasteiger charge is -2.34. The number of likely N-dealkylation sites (tertiary alicyclic amines) is 1. The van der Waals surface area contributed by atoms with Crippen LogP contribution in [0, 0.1) is 11.3 Å². The van der Waals surface area contributed by atoms with Crippen LogP contribution in [0.3, 0.4) is 0 Å². The molecular weight excluding hydrogens is 334 g/mol. The van der Waals surface area contributed by atoms with E-state index < -0.39 is 11.4 Å². The summed E-state index contributed by atoms with van der Waals surface area (Å²) in [5, 5.41) is 14.2. The van der Waals surface area contributed by atoms with Crippen LogP contribution in [0.5, 0.6) is 5.75 Å². The van der Waals surface area contributed by atoms with Crippen molar-refractivity contribution >= 4 is 5.97 Å². The van der Waals surface area contributed by atoms with Crippen LogP contribution >= 0.6 is 0 Å². The lowest BCUT2D eigenvalue weighted by Crippen LogP contribution is -2.44. The first-order valence-electron chi connectivity index (χ1n) is 8.83. The highest BCUT2D eigenvalue weighted by molar-refractivity contribution is 5.76. The molecule has 2 atom stereocenters. The van der Waals surface area contributed by atoms with Gasteiger partial charge in [0.25, 0.3) is 0 Å². The highest BCUT2D eigenvalue weighted by Crippen LogP contribution is 2.43. The van der Waals surface area contributed by atoms with Gasteiger partial charge in [0.15, 0.2) is 0 Å². The van der Waals surface area contributed by atoms with Crippen molar-refractivity contribution in [1.29, 1.82) is 0 Å². The number of hydrogen-bond donors (Lipinski definition) is 1. The second-order valence-corrected chi connectivity index (χ2v) is 7.10. The molecule has 0 unspecified atom stereocenters. The maximum atomic E-state index is 12.0. The molecule has 26 heavy (non-hydrogen) atoms. The molecule has 138 valence electrons. The van der Waals surface area contributed by atoms with Crippen molar-refractivity contribution in [1.82, 2.24) is 14.7 Å². The molecule has 1 aromatic heterocycles. The smallest absolute Gasteiger partial charge is 0.311 e. The van der Waals surface area contributed by atoms with Gasteiger partial charge < -0.3 is 14.6 Å². The number of methoxy groups -OCH3 is 1. The van der Waals surface area contributed by atoms with Crippen molar-refractivity contribution in [2.75, 3.05) is 33.4 Å². The van der Waals surface area contributed by atoms with Gasteiger partial charge in [-0.3, -0.25) is 9.69 Å². The average Bonchev–Trinajstić information content (AvgIpc) is 3.29. The zero-order chi connectivity index (χ0) is 18.1. The molecule has 7 heteroatoms. The molecule has 2 saturated heterocycles. The summed E-state index contributed by atoms with van der Waals surface area (Å²) < 4.78 is 12.8. The number of fused-ring (bicyclic) bond motifs is 1. The standard InChI is InChI=1S/C19H23N3O4/c1-25-16-3-4-17(22-7-2-6-20-22)14(9-16)10-21-11-15-12-26-8-5-19(15,13-21)18(23)24/h2-4,6-7,9,15H,5,8,10-13H2,1H3,(H,23,24)/t15-,19+/m1/s1. The van der Waals surface area contributed by atoms with E-state index in [1.807, 2.05) is 35.1 Å². The molecule has 0 spiro atoms. The van der Waals surface area contributed by atoms with E-state index in [1.165, 1.54) is 0 Å². The molecule has 7 nitrogen and oxygen atoms in total. The normalized spacial score (nSPS) is 25.8. The van der Waals surface area contributed by atoms with Crippen LogP contribution in [-0.2, 0) is 16.1 Å². The number of rotatable bonds is 5. The van der Waals surface area contributed by atoms with Crippen molar-refractivity contribution in [3.63, 3.8) is 0 Å². The molecule has 2 fully saturated rings. The van der Waals surface area contributed by atoms with Crippen LogP contribution in [0.25, 0.3) is 5.69 Å². The topological polar surface area (TPSA) is 76.8 Å². The number of carbonyl (C=O) groups is 1. The van der Waals surface area contributed by atoms with Gasteiger partial charge in [0, 0.05) is 44.6 Å².